The molecule has 0 aromatic heterocycles. The van der Waals surface area contributed by atoms with E-state index in [0.717, 1.165) is 11.3 Å². The summed E-state index contributed by atoms with van der Waals surface area (Å²) in [6.07, 6.45) is 1.71. The summed E-state index contributed by atoms with van der Waals surface area (Å²) in [6, 6.07) is 7.79. The van der Waals surface area contributed by atoms with Crippen molar-refractivity contribution in [3.05, 3.63) is 42.5 Å². The maximum Gasteiger partial charge on any atom is 0.119 e. The van der Waals surface area contributed by atoms with Gasteiger partial charge in [0.05, 0.1) is 19.3 Å². The van der Waals surface area contributed by atoms with Crippen molar-refractivity contribution >= 4 is 0 Å². The molecule has 0 amide bonds. The molecule has 18 heavy (non-hydrogen) atoms. The molecule has 1 aromatic rings. The molecule has 0 heterocycles. The van der Waals surface area contributed by atoms with Crippen LogP contribution in [0.5, 0.6) is 5.75 Å². The van der Waals surface area contributed by atoms with Crippen molar-refractivity contribution in [3.8, 4) is 5.75 Å². The normalized spacial score (nSPS) is 12.1. The highest BCUT2D eigenvalue weighted by Crippen LogP contribution is 2.12. The van der Waals surface area contributed by atoms with E-state index >= 15 is 0 Å². The lowest BCUT2D eigenvalue weighted by atomic mass is 10.2. The van der Waals surface area contributed by atoms with E-state index in [-0.39, 0.29) is 12.6 Å². The van der Waals surface area contributed by atoms with Gasteiger partial charge in [0.15, 0.2) is 0 Å². The van der Waals surface area contributed by atoms with Crippen LogP contribution in [-0.4, -0.2) is 38.1 Å². The maximum absolute atomic E-state index is 9.10. The summed E-state index contributed by atoms with van der Waals surface area (Å²) in [6.45, 7) is 5.36. The van der Waals surface area contributed by atoms with Crippen LogP contribution in [0, 0.1) is 0 Å². The van der Waals surface area contributed by atoms with E-state index in [2.05, 4.69) is 11.9 Å². The molecular weight excluding hydrogens is 230 g/mol. The number of aliphatic hydroxyl groups excluding tert-OH is 1. The molecule has 2 N–H and O–H groups in total. The number of hydrogen-bond acceptors (Lipinski definition) is 4. The second kappa shape index (κ2) is 8.69. The van der Waals surface area contributed by atoms with Crippen molar-refractivity contribution < 1.29 is 14.6 Å². The molecule has 100 valence electrons. The molecule has 4 heteroatoms. The first-order valence-corrected chi connectivity index (χ1v) is 5.96. The quantitative estimate of drug-likeness (QED) is 0.650. The van der Waals surface area contributed by atoms with Gasteiger partial charge >= 0.3 is 0 Å². The largest absolute Gasteiger partial charge is 0.490 e. The molecular formula is C14H21NO3. The zero-order valence-corrected chi connectivity index (χ0v) is 10.8. The summed E-state index contributed by atoms with van der Waals surface area (Å²) in [7, 11) is 1.62. The van der Waals surface area contributed by atoms with Crippen LogP contribution in [-0.2, 0) is 11.3 Å². The minimum absolute atomic E-state index is 0.0355. The molecule has 0 bridgehead atoms. The summed E-state index contributed by atoms with van der Waals surface area (Å²) in [5.41, 5.74) is 1.13. The van der Waals surface area contributed by atoms with Crippen LogP contribution in [0.2, 0.25) is 0 Å². The van der Waals surface area contributed by atoms with E-state index < -0.39 is 0 Å². The molecule has 0 aliphatic heterocycles. The fourth-order valence-electron chi connectivity index (χ4n) is 1.50. The average Bonchev–Trinajstić information content (AvgIpc) is 2.42. The topological polar surface area (TPSA) is 50.7 Å². The first kappa shape index (κ1) is 14.7. The third kappa shape index (κ3) is 5.31. The van der Waals surface area contributed by atoms with E-state index in [1.54, 1.807) is 13.2 Å². The van der Waals surface area contributed by atoms with Crippen LogP contribution in [0.4, 0.5) is 0 Å². The van der Waals surface area contributed by atoms with Crippen LogP contribution in [0.1, 0.15) is 5.56 Å². The monoisotopic (exact) mass is 251 g/mol. The number of benzene rings is 1. The minimum atomic E-state index is -0.0355. The van der Waals surface area contributed by atoms with Gasteiger partial charge in [0.25, 0.3) is 0 Å². The summed E-state index contributed by atoms with van der Waals surface area (Å²) < 4.78 is 10.4. The lowest BCUT2D eigenvalue weighted by Crippen LogP contribution is -2.35. The molecule has 0 aliphatic rings. The van der Waals surface area contributed by atoms with Gasteiger partial charge in [-0.15, -0.1) is 0 Å². The molecule has 0 fully saturated rings. The van der Waals surface area contributed by atoms with Gasteiger partial charge in [-0.25, -0.2) is 0 Å². The predicted molar refractivity (Wildman–Crippen MR) is 71.7 cm³/mol. The first-order chi connectivity index (χ1) is 8.80. The Balaban J connectivity index is 2.40. The molecule has 1 rings (SSSR count). The third-order valence-electron chi connectivity index (χ3n) is 2.47. The smallest absolute Gasteiger partial charge is 0.119 e. The number of hydrogen-bond donors (Lipinski definition) is 2. The van der Waals surface area contributed by atoms with Gasteiger partial charge < -0.3 is 19.9 Å². The number of nitrogens with one attached hydrogen (secondary N) is 1. The Bertz CT molecular complexity index is 337. The van der Waals surface area contributed by atoms with E-state index in [1.807, 2.05) is 24.3 Å². The number of ether oxygens (including phenoxy) is 2. The molecule has 1 aromatic carbocycles. The summed E-state index contributed by atoms with van der Waals surface area (Å²) in [5, 5.41) is 12.3. The second-order valence-corrected chi connectivity index (χ2v) is 3.96. The van der Waals surface area contributed by atoms with Gasteiger partial charge in [0.1, 0.15) is 12.4 Å². The zero-order chi connectivity index (χ0) is 13.2. The third-order valence-corrected chi connectivity index (χ3v) is 2.47. The van der Waals surface area contributed by atoms with E-state index in [4.69, 9.17) is 14.6 Å². The van der Waals surface area contributed by atoms with E-state index in [9.17, 15) is 0 Å². The van der Waals surface area contributed by atoms with Gasteiger partial charge in [-0.3, -0.25) is 0 Å². The van der Waals surface area contributed by atoms with Crippen LogP contribution < -0.4 is 10.1 Å². The zero-order valence-electron chi connectivity index (χ0n) is 10.8. The fraction of sp³-hybridized carbons (Fsp3) is 0.429. The molecule has 0 saturated heterocycles. The SMILES string of the molecule is C=CCOc1ccc(CNC(CO)COC)cc1. The standard InChI is InChI=1S/C14H21NO3/c1-3-8-18-14-6-4-12(5-7-14)9-15-13(10-16)11-17-2/h3-7,13,15-16H,1,8-11H2,2H3. The van der Waals surface area contributed by atoms with Crippen LogP contribution >= 0.6 is 0 Å². The van der Waals surface area contributed by atoms with Crippen LogP contribution in [0.25, 0.3) is 0 Å². The highest BCUT2D eigenvalue weighted by atomic mass is 16.5. The van der Waals surface area contributed by atoms with Gasteiger partial charge in [-0.2, -0.15) is 0 Å². The van der Waals surface area contributed by atoms with Gasteiger partial charge in [0.2, 0.25) is 0 Å². The molecule has 4 nitrogen and oxygen atoms in total. The van der Waals surface area contributed by atoms with Crippen molar-refractivity contribution in [2.45, 2.75) is 12.6 Å². The number of aliphatic hydroxyl groups is 1. The lowest BCUT2D eigenvalue weighted by molar-refractivity contribution is 0.128. The van der Waals surface area contributed by atoms with Crippen molar-refractivity contribution in [3.63, 3.8) is 0 Å². The Labute approximate surface area is 108 Å². The average molecular weight is 251 g/mol. The van der Waals surface area contributed by atoms with Crippen molar-refractivity contribution in [2.75, 3.05) is 26.9 Å². The molecule has 0 radical (unpaired) electrons. The summed E-state index contributed by atoms with van der Waals surface area (Å²) in [4.78, 5) is 0. The molecule has 1 atom stereocenters. The molecule has 0 aliphatic carbocycles. The highest BCUT2D eigenvalue weighted by Gasteiger charge is 2.05. The van der Waals surface area contributed by atoms with Gasteiger partial charge in [-0.05, 0) is 17.7 Å². The second-order valence-electron chi connectivity index (χ2n) is 3.96. The van der Waals surface area contributed by atoms with Gasteiger partial charge in [0, 0.05) is 13.7 Å². The van der Waals surface area contributed by atoms with Crippen molar-refractivity contribution in [1.82, 2.24) is 5.32 Å². The Morgan fingerprint density at radius 3 is 2.67 bits per heavy atom. The predicted octanol–water partition coefficient (Wildman–Crippen LogP) is 1.35. The maximum atomic E-state index is 9.10. The Morgan fingerprint density at radius 2 is 2.11 bits per heavy atom. The lowest BCUT2D eigenvalue weighted by Gasteiger charge is -2.15. The Hall–Kier alpha value is -1.36. The first-order valence-electron chi connectivity index (χ1n) is 5.96. The molecule has 0 saturated carbocycles. The van der Waals surface area contributed by atoms with Crippen molar-refractivity contribution in [2.24, 2.45) is 0 Å². The molecule has 0 spiro atoms. The molecule has 1 unspecified atom stereocenters. The van der Waals surface area contributed by atoms with E-state index in [0.29, 0.717) is 19.8 Å². The summed E-state index contributed by atoms with van der Waals surface area (Å²) >= 11 is 0. The Morgan fingerprint density at radius 1 is 1.39 bits per heavy atom. The van der Waals surface area contributed by atoms with Crippen LogP contribution in [0.15, 0.2) is 36.9 Å². The van der Waals surface area contributed by atoms with Crippen LogP contribution in [0.3, 0.4) is 0 Å². The van der Waals surface area contributed by atoms with Crippen molar-refractivity contribution in [1.29, 1.82) is 0 Å². The highest BCUT2D eigenvalue weighted by molar-refractivity contribution is 5.27. The Kier molecular flexibility index (Phi) is 7.10. The fourth-order valence-corrected chi connectivity index (χ4v) is 1.50. The van der Waals surface area contributed by atoms with Gasteiger partial charge in [-0.1, -0.05) is 24.8 Å². The summed E-state index contributed by atoms with van der Waals surface area (Å²) in [5.74, 6) is 0.828. The number of methoxy groups -OCH3 is 1. The van der Waals surface area contributed by atoms with E-state index in [1.165, 1.54) is 0 Å². The number of rotatable bonds is 9. The minimum Gasteiger partial charge on any atom is -0.490 e.